The number of amides is 1. The molecule has 0 saturated carbocycles. The minimum Gasteiger partial charge on any atom is -0.274 e. The van der Waals surface area contributed by atoms with E-state index in [0.29, 0.717) is 6.42 Å². The molecule has 0 radical (unpaired) electrons. The SMILES string of the molecule is O=C1Cc2ccccc2N1c1nccs1. The van der Waals surface area contributed by atoms with Gasteiger partial charge in [-0.05, 0) is 11.6 Å². The normalized spacial score (nSPS) is 14.4. The summed E-state index contributed by atoms with van der Waals surface area (Å²) in [6.45, 7) is 0. The molecule has 0 fully saturated rings. The lowest BCUT2D eigenvalue weighted by molar-refractivity contribution is -0.116. The molecular weight excluding hydrogens is 208 g/mol. The third-order valence-corrected chi connectivity index (χ3v) is 3.19. The summed E-state index contributed by atoms with van der Waals surface area (Å²) < 4.78 is 0. The largest absolute Gasteiger partial charge is 0.274 e. The Morgan fingerprint density at radius 3 is 3.00 bits per heavy atom. The van der Waals surface area contributed by atoms with Crippen molar-refractivity contribution < 1.29 is 4.79 Å². The van der Waals surface area contributed by atoms with Crippen LogP contribution in [0.25, 0.3) is 0 Å². The van der Waals surface area contributed by atoms with Gasteiger partial charge in [-0.15, -0.1) is 11.3 Å². The van der Waals surface area contributed by atoms with E-state index in [4.69, 9.17) is 0 Å². The fraction of sp³-hybridized carbons (Fsp3) is 0.0909. The van der Waals surface area contributed by atoms with Crippen LogP contribution in [0, 0.1) is 0 Å². The van der Waals surface area contributed by atoms with Crippen LogP contribution < -0.4 is 4.90 Å². The second kappa shape index (κ2) is 3.17. The molecule has 1 aliphatic rings. The molecule has 0 spiro atoms. The van der Waals surface area contributed by atoms with Crippen molar-refractivity contribution in [3.8, 4) is 0 Å². The molecular formula is C11H8N2OS. The van der Waals surface area contributed by atoms with Crippen molar-refractivity contribution in [1.82, 2.24) is 4.98 Å². The van der Waals surface area contributed by atoms with Gasteiger partial charge in [-0.25, -0.2) is 4.98 Å². The van der Waals surface area contributed by atoms with Crippen LogP contribution in [0.2, 0.25) is 0 Å². The number of thiazole rings is 1. The van der Waals surface area contributed by atoms with Crippen molar-refractivity contribution in [3.05, 3.63) is 41.4 Å². The maximum absolute atomic E-state index is 11.8. The van der Waals surface area contributed by atoms with Gasteiger partial charge in [0.1, 0.15) is 0 Å². The first-order valence-corrected chi connectivity index (χ1v) is 5.54. The molecule has 0 bridgehead atoms. The first-order chi connectivity index (χ1) is 7.36. The molecule has 1 aromatic heterocycles. The van der Waals surface area contributed by atoms with Gasteiger partial charge in [0.05, 0.1) is 12.1 Å². The zero-order chi connectivity index (χ0) is 10.3. The van der Waals surface area contributed by atoms with Gasteiger partial charge in [-0.1, -0.05) is 18.2 Å². The molecule has 15 heavy (non-hydrogen) atoms. The summed E-state index contributed by atoms with van der Waals surface area (Å²) >= 11 is 1.48. The molecule has 3 rings (SSSR count). The van der Waals surface area contributed by atoms with Crippen LogP contribution in [-0.2, 0) is 11.2 Å². The van der Waals surface area contributed by atoms with Gasteiger partial charge in [-0.3, -0.25) is 9.69 Å². The zero-order valence-electron chi connectivity index (χ0n) is 7.88. The molecule has 1 aliphatic heterocycles. The van der Waals surface area contributed by atoms with Gasteiger partial charge in [0.25, 0.3) is 0 Å². The molecule has 4 heteroatoms. The van der Waals surface area contributed by atoms with Gasteiger partial charge in [0.15, 0.2) is 5.13 Å². The standard InChI is InChI=1S/C11H8N2OS/c14-10-7-8-3-1-2-4-9(8)13(10)11-12-5-6-15-11/h1-6H,7H2. The molecule has 0 atom stereocenters. The number of rotatable bonds is 1. The average molecular weight is 216 g/mol. The number of aromatic nitrogens is 1. The van der Waals surface area contributed by atoms with Crippen molar-refractivity contribution in [2.24, 2.45) is 0 Å². The lowest BCUT2D eigenvalue weighted by Crippen LogP contribution is -2.20. The zero-order valence-corrected chi connectivity index (χ0v) is 8.70. The van der Waals surface area contributed by atoms with Gasteiger partial charge < -0.3 is 0 Å². The highest BCUT2D eigenvalue weighted by atomic mass is 32.1. The van der Waals surface area contributed by atoms with Gasteiger partial charge >= 0.3 is 0 Å². The Balaban J connectivity index is 2.14. The fourth-order valence-electron chi connectivity index (χ4n) is 1.79. The highest BCUT2D eigenvalue weighted by molar-refractivity contribution is 7.13. The smallest absolute Gasteiger partial charge is 0.237 e. The lowest BCUT2D eigenvalue weighted by atomic mass is 10.2. The number of carbonyl (C=O) groups is 1. The van der Waals surface area contributed by atoms with E-state index in [9.17, 15) is 4.79 Å². The van der Waals surface area contributed by atoms with E-state index in [1.165, 1.54) is 11.3 Å². The molecule has 3 nitrogen and oxygen atoms in total. The molecule has 0 N–H and O–H groups in total. The predicted octanol–water partition coefficient (Wildman–Crippen LogP) is 2.36. The predicted molar refractivity (Wildman–Crippen MR) is 59.4 cm³/mol. The molecule has 0 aliphatic carbocycles. The quantitative estimate of drug-likeness (QED) is 0.733. The molecule has 1 aromatic carbocycles. The maximum atomic E-state index is 11.8. The summed E-state index contributed by atoms with van der Waals surface area (Å²) in [6, 6.07) is 7.85. The number of benzene rings is 1. The number of para-hydroxylation sites is 1. The minimum absolute atomic E-state index is 0.103. The van der Waals surface area contributed by atoms with Crippen LogP contribution in [0.3, 0.4) is 0 Å². The van der Waals surface area contributed by atoms with E-state index in [2.05, 4.69) is 4.98 Å². The summed E-state index contributed by atoms with van der Waals surface area (Å²) in [5.74, 6) is 0.103. The van der Waals surface area contributed by atoms with Gasteiger partial charge in [0.2, 0.25) is 5.91 Å². The van der Waals surface area contributed by atoms with Crippen LogP contribution in [0.1, 0.15) is 5.56 Å². The summed E-state index contributed by atoms with van der Waals surface area (Å²) in [5.41, 5.74) is 2.05. The third-order valence-electron chi connectivity index (χ3n) is 2.43. The lowest BCUT2D eigenvalue weighted by Gasteiger charge is -2.12. The van der Waals surface area contributed by atoms with E-state index in [1.807, 2.05) is 29.6 Å². The summed E-state index contributed by atoms with van der Waals surface area (Å²) in [4.78, 5) is 17.7. The first kappa shape index (κ1) is 8.61. The summed E-state index contributed by atoms with van der Waals surface area (Å²) in [6.07, 6.45) is 2.20. The van der Waals surface area contributed by atoms with Crippen LogP contribution in [-0.4, -0.2) is 10.9 Å². The Kier molecular flexibility index (Phi) is 1.82. The maximum Gasteiger partial charge on any atom is 0.237 e. The van der Waals surface area contributed by atoms with Crippen LogP contribution >= 0.6 is 11.3 Å². The number of fused-ring (bicyclic) bond motifs is 1. The second-order valence-corrected chi connectivity index (χ2v) is 4.22. The average Bonchev–Trinajstić information content (AvgIpc) is 2.82. The van der Waals surface area contributed by atoms with E-state index >= 15 is 0 Å². The van der Waals surface area contributed by atoms with Crippen molar-refractivity contribution in [1.29, 1.82) is 0 Å². The number of anilines is 2. The van der Waals surface area contributed by atoms with E-state index < -0.39 is 0 Å². The van der Waals surface area contributed by atoms with E-state index in [0.717, 1.165) is 16.4 Å². The Morgan fingerprint density at radius 1 is 1.33 bits per heavy atom. The highest BCUT2D eigenvalue weighted by Crippen LogP contribution is 2.35. The highest BCUT2D eigenvalue weighted by Gasteiger charge is 2.29. The summed E-state index contributed by atoms with van der Waals surface area (Å²) in [5, 5.41) is 2.63. The molecule has 0 saturated heterocycles. The molecule has 2 heterocycles. The minimum atomic E-state index is 0.103. The monoisotopic (exact) mass is 216 g/mol. The second-order valence-electron chi connectivity index (χ2n) is 3.35. The molecule has 1 amide bonds. The molecule has 0 unspecified atom stereocenters. The molecule has 2 aromatic rings. The molecule has 74 valence electrons. The Morgan fingerprint density at radius 2 is 2.20 bits per heavy atom. The van der Waals surface area contributed by atoms with Crippen molar-refractivity contribution in [2.45, 2.75) is 6.42 Å². The van der Waals surface area contributed by atoms with Gasteiger partial charge in [-0.2, -0.15) is 0 Å². The Hall–Kier alpha value is -1.68. The van der Waals surface area contributed by atoms with Crippen LogP contribution in [0.4, 0.5) is 10.8 Å². The van der Waals surface area contributed by atoms with E-state index in [-0.39, 0.29) is 5.91 Å². The first-order valence-electron chi connectivity index (χ1n) is 4.66. The van der Waals surface area contributed by atoms with Crippen LogP contribution in [0.5, 0.6) is 0 Å². The number of carbonyl (C=O) groups excluding carboxylic acids is 1. The van der Waals surface area contributed by atoms with Crippen molar-refractivity contribution in [2.75, 3.05) is 4.90 Å². The number of hydrogen-bond donors (Lipinski definition) is 0. The van der Waals surface area contributed by atoms with Crippen molar-refractivity contribution >= 4 is 28.1 Å². The van der Waals surface area contributed by atoms with Crippen molar-refractivity contribution in [3.63, 3.8) is 0 Å². The topological polar surface area (TPSA) is 33.2 Å². The number of hydrogen-bond acceptors (Lipinski definition) is 3. The number of nitrogens with zero attached hydrogens (tertiary/aromatic N) is 2. The Labute approximate surface area is 91.0 Å². The third kappa shape index (κ3) is 1.26. The van der Waals surface area contributed by atoms with Crippen LogP contribution in [0.15, 0.2) is 35.8 Å². The summed E-state index contributed by atoms with van der Waals surface area (Å²) in [7, 11) is 0. The van der Waals surface area contributed by atoms with Gasteiger partial charge in [0, 0.05) is 11.6 Å². The van der Waals surface area contributed by atoms with E-state index in [1.54, 1.807) is 11.1 Å². The fourth-order valence-corrected chi connectivity index (χ4v) is 2.46. The Bertz CT molecular complexity index is 507.